The lowest BCUT2D eigenvalue weighted by atomic mass is 10.1. The molecule has 0 spiro atoms. The van der Waals surface area contributed by atoms with Crippen molar-refractivity contribution in [2.75, 3.05) is 26.2 Å². The van der Waals surface area contributed by atoms with Crippen LogP contribution in [0.15, 0.2) is 12.2 Å². The molecule has 0 rings (SSSR count). The van der Waals surface area contributed by atoms with Crippen molar-refractivity contribution in [3.8, 4) is 0 Å². The first-order valence-corrected chi connectivity index (χ1v) is 11.9. The Bertz CT molecular complexity index is 487. The van der Waals surface area contributed by atoms with Crippen LogP contribution in [0, 0.1) is 0 Å². The Kier molecular flexibility index (Phi) is 17.7. The summed E-state index contributed by atoms with van der Waals surface area (Å²) < 4.78 is 0.203. The van der Waals surface area contributed by atoms with Crippen molar-refractivity contribution in [3.05, 3.63) is 12.2 Å². The largest absolute Gasteiger partial charge is 0.550 e. The van der Waals surface area contributed by atoms with Crippen LogP contribution in [0.5, 0.6) is 0 Å². The molecule has 0 radical (unpaired) electrons. The topological polar surface area (TPSA) is 115 Å². The van der Waals surface area contributed by atoms with Gasteiger partial charge in [0.25, 0.3) is 0 Å². The van der Waals surface area contributed by atoms with Gasteiger partial charge in [-0.05, 0) is 32.1 Å². The summed E-state index contributed by atoms with van der Waals surface area (Å²) in [6, 6.07) is 0. The number of hydrogen-bond donors (Lipinski definition) is 2. The van der Waals surface area contributed by atoms with E-state index in [0.717, 1.165) is 25.7 Å². The number of carboxylic acids is 3. The fourth-order valence-corrected chi connectivity index (χ4v) is 3.83. The normalized spacial score (nSPS) is 11.8. The first kappa shape index (κ1) is 29.1. The Balaban J connectivity index is 4.35. The van der Waals surface area contributed by atoms with E-state index in [-0.39, 0.29) is 43.4 Å². The number of carbonyl (C=O) groups excluding carboxylic acids is 1. The monoisotopic (exact) mass is 441 g/mol. The van der Waals surface area contributed by atoms with E-state index in [1.807, 2.05) is 0 Å². The van der Waals surface area contributed by atoms with E-state index in [2.05, 4.69) is 19.1 Å². The van der Waals surface area contributed by atoms with Gasteiger partial charge in [0.1, 0.15) is 0 Å². The number of carbonyl (C=O) groups is 3. The molecule has 31 heavy (non-hydrogen) atoms. The number of rotatable bonds is 22. The number of nitrogens with zero attached hydrogens (tertiary/aromatic N) is 1. The maximum absolute atomic E-state index is 11.0. The molecule has 0 bridgehead atoms. The van der Waals surface area contributed by atoms with Crippen LogP contribution in [0.1, 0.15) is 96.8 Å². The number of unbranched alkanes of at least 4 members (excludes halogenated alkanes) is 9. The Labute approximate surface area is 187 Å². The third kappa shape index (κ3) is 18.6. The average Bonchev–Trinajstić information content (AvgIpc) is 2.72. The van der Waals surface area contributed by atoms with Crippen LogP contribution < -0.4 is 5.11 Å². The molecule has 0 saturated carbocycles. The van der Waals surface area contributed by atoms with Gasteiger partial charge in [-0.1, -0.05) is 57.6 Å². The minimum Gasteiger partial charge on any atom is -0.550 e. The van der Waals surface area contributed by atoms with Crippen molar-refractivity contribution in [3.63, 3.8) is 0 Å². The fourth-order valence-electron chi connectivity index (χ4n) is 3.83. The lowest BCUT2D eigenvalue weighted by molar-refractivity contribution is -0.927. The van der Waals surface area contributed by atoms with E-state index in [1.54, 1.807) is 0 Å². The van der Waals surface area contributed by atoms with Gasteiger partial charge < -0.3 is 24.6 Å². The molecular weight excluding hydrogens is 398 g/mol. The second-order valence-electron chi connectivity index (χ2n) is 8.52. The van der Waals surface area contributed by atoms with Gasteiger partial charge in [-0.15, -0.1) is 0 Å². The van der Waals surface area contributed by atoms with Crippen molar-refractivity contribution in [1.82, 2.24) is 0 Å². The van der Waals surface area contributed by atoms with Crippen LogP contribution in [-0.4, -0.2) is 58.8 Å². The predicted octanol–water partition coefficient (Wildman–Crippen LogP) is 3.76. The summed E-state index contributed by atoms with van der Waals surface area (Å²) >= 11 is 0. The van der Waals surface area contributed by atoms with Crippen LogP contribution in [0.3, 0.4) is 0 Å². The molecule has 2 N–H and O–H groups in total. The highest BCUT2D eigenvalue weighted by Gasteiger charge is 2.28. The molecule has 0 amide bonds. The quantitative estimate of drug-likeness (QED) is 0.150. The van der Waals surface area contributed by atoms with Gasteiger partial charge in [0.2, 0.25) is 0 Å². The Morgan fingerprint density at radius 3 is 1.61 bits per heavy atom. The predicted molar refractivity (Wildman–Crippen MR) is 119 cm³/mol. The molecule has 0 aromatic heterocycles. The minimum absolute atomic E-state index is 0.106. The van der Waals surface area contributed by atoms with Crippen molar-refractivity contribution in [2.24, 2.45) is 0 Å². The fraction of sp³-hybridized carbons (Fsp3) is 0.792. The van der Waals surface area contributed by atoms with Crippen LogP contribution >= 0.6 is 0 Å². The molecule has 0 aliphatic carbocycles. The molecule has 0 atom stereocenters. The second kappa shape index (κ2) is 18.8. The number of quaternary nitrogens is 1. The maximum Gasteiger partial charge on any atom is 0.309 e. The highest BCUT2D eigenvalue weighted by Crippen LogP contribution is 2.16. The molecule has 0 aromatic carbocycles. The highest BCUT2D eigenvalue weighted by atomic mass is 16.4. The molecule has 0 heterocycles. The second-order valence-corrected chi connectivity index (χ2v) is 8.52. The Morgan fingerprint density at radius 2 is 1.13 bits per heavy atom. The smallest absolute Gasteiger partial charge is 0.309 e. The van der Waals surface area contributed by atoms with Gasteiger partial charge in [-0.25, -0.2) is 0 Å². The molecule has 0 aliphatic rings. The maximum atomic E-state index is 11.0. The molecule has 180 valence electrons. The summed E-state index contributed by atoms with van der Waals surface area (Å²) in [6.45, 7) is 3.49. The van der Waals surface area contributed by atoms with E-state index < -0.39 is 17.9 Å². The Morgan fingerprint density at radius 1 is 0.677 bits per heavy atom. The highest BCUT2D eigenvalue weighted by molar-refractivity contribution is 5.67. The zero-order chi connectivity index (χ0) is 23.4. The number of carboxylic acid groups (broad SMARTS) is 3. The first-order valence-electron chi connectivity index (χ1n) is 11.9. The number of hydrogen-bond acceptors (Lipinski definition) is 4. The van der Waals surface area contributed by atoms with Gasteiger partial charge in [0.05, 0.1) is 39.0 Å². The van der Waals surface area contributed by atoms with Crippen molar-refractivity contribution < 1.29 is 34.2 Å². The van der Waals surface area contributed by atoms with Crippen LogP contribution in [-0.2, 0) is 14.4 Å². The van der Waals surface area contributed by atoms with E-state index in [4.69, 9.17) is 10.2 Å². The van der Waals surface area contributed by atoms with Gasteiger partial charge in [-0.3, -0.25) is 9.59 Å². The van der Waals surface area contributed by atoms with Crippen molar-refractivity contribution in [1.29, 1.82) is 0 Å². The van der Waals surface area contributed by atoms with Crippen LogP contribution in [0.2, 0.25) is 0 Å². The van der Waals surface area contributed by atoms with Gasteiger partial charge in [-0.2, -0.15) is 0 Å². The lowest BCUT2D eigenvalue weighted by Gasteiger charge is -2.38. The van der Waals surface area contributed by atoms with E-state index >= 15 is 0 Å². The SMILES string of the molecule is CCCCCCCCC/C=C/CCCC[N+](CCC(=O)[O-])(CCC(=O)O)CCC(=O)O. The summed E-state index contributed by atoms with van der Waals surface area (Å²) in [6.07, 6.45) is 16.8. The van der Waals surface area contributed by atoms with E-state index in [1.165, 1.54) is 44.9 Å². The van der Waals surface area contributed by atoms with Crippen molar-refractivity contribution in [2.45, 2.75) is 96.8 Å². The van der Waals surface area contributed by atoms with Crippen molar-refractivity contribution >= 4 is 17.9 Å². The summed E-state index contributed by atoms with van der Waals surface area (Å²) in [5, 5.41) is 29.1. The molecule has 0 saturated heterocycles. The zero-order valence-corrected chi connectivity index (χ0v) is 19.4. The number of aliphatic carboxylic acids is 3. The molecule has 0 fully saturated rings. The summed E-state index contributed by atoms with van der Waals surface area (Å²) in [7, 11) is 0. The molecular formula is C24H43NO6. The number of allylic oxidation sites excluding steroid dienone is 2. The standard InChI is InChI=1S/C24H43NO6/c1-2-3-4-5-6-7-8-9-10-11-12-13-14-18-25(19-15-22(26)27,20-16-23(28)29)21-17-24(30)31/h10-11H,2-9,12-21H2,1H3,(H2-,26,27,28,29,30,31)/b11-10+. The average molecular weight is 442 g/mol. The molecule has 0 unspecified atom stereocenters. The van der Waals surface area contributed by atoms with Crippen LogP contribution in [0.4, 0.5) is 0 Å². The Hall–Kier alpha value is -1.89. The minimum atomic E-state index is -1.19. The van der Waals surface area contributed by atoms with Gasteiger partial charge in [0, 0.05) is 12.4 Å². The van der Waals surface area contributed by atoms with Gasteiger partial charge in [0.15, 0.2) is 0 Å². The molecule has 0 aromatic rings. The van der Waals surface area contributed by atoms with Gasteiger partial charge >= 0.3 is 11.9 Å². The third-order valence-electron chi connectivity index (χ3n) is 5.78. The molecule has 7 nitrogen and oxygen atoms in total. The van der Waals surface area contributed by atoms with Crippen LogP contribution in [0.25, 0.3) is 0 Å². The lowest BCUT2D eigenvalue weighted by Crippen LogP contribution is -2.53. The van der Waals surface area contributed by atoms with E-state index in [0.29, 0.717) is 6.54 Å². The summed E-state index contributed by atoms with van der Waals surface area (Å²) in [4.78, 5) is 33.0. The summed E-state index contributed by atoms with van der Waals surface area (Å²) in [5.41, 5.74) is 0. The first-order chi connectivity index (χ1) is 14.8. The molecule has 7 heteroatoms. The molecule has 0 aliphatic heterocycles. The summed E-state index contributed by atoms with van der Waals surface area (Å²) in [5.74, 6) is -3.11. The van der Waals surface area contributed by atoms with E-state index in [9.17, 15) is 19.5 Å². The zero-order valence-electron chi connectivity index (χ0n) is 19.4. The third-order valence-corrected chi connectivity index (χ3v) is 5.78.